The molecule has 0 saturated carbocycles. The van der Waals surface area contributed by atoms with Gasteiger partial charge in [-0.2, -0.15) is 5.10 Å². The molecular formula is C12H9ClN4S. The smallest absolute Gasteiger partial charge is 0.183 e. The fraction of sp³-hybridized carbons (Fsp3) is 0. The van der Waals surface area contributed by atoms with E-state index in [0.29, 0.717) is 16.5 Å². The average molecular weight is 277 g/mol. The van der Waals surface area contributed by atoms with Crippen molar-refractivity contribution < 1.29 is 0 Å². The number of H-pyrrole nitrogens is 1. The van der Waals surface area contributed by atoms with E-state index in [4.69, 9.17) is 17.3 Å². The third kappa shape index (κ3) is 1.98. The first-order valence-corrected chi connectivity index (χ1v) is 6.51. The van der Waals surface area contributed by atoms with Crippen molar-refractivity contribution in [3.05, 3.63) is 40.7 Å². The molecule has 2 heterocycles. The van der Waals surface area contributed by atoms with Crippen LogP contribution in [0.3, 0.4) is 0 Å². The highest BCUT2D eigenvalue weighted by Crippen LogP contribution is 2.28. The highest BCUT2D eigenvalue weighted by Gasteiger charge is 2.11. The van der Waals surface area contributed by atoms with Gasteiger partial charge in [-0.15, -0.1) is 11.3 Å². The average Bonchev–Trinajstić information content (AvgIpc) is 3.00. The Morgan fingerprint density at radius 3 is 2.94 bits per heavy atom. The SMILES string of the molecule is Nc1ccc(Cl)cc1-c1n[nH]c(-c2cccs2)n1. The molecule has 0 atom stereocenters. The fourth-order valence-corrected chi connectivity index (χ4v) is 2.46. The molecule has 3 aromatic rings. The molecule has 0 bridgehead atoms. The number of aromatic nitrogens is 3. The van der Waals surface area contributed by atoms with Gasteiger partial charge in [-0.3, -0.25) is 5.10 Å². The molecule has 0 spiro atoms. The number of benzene rings is 1. The lowest BCUT2D eigenvalue weighted by molar-refractivity contribution is 1.10. The van der Waals surface area contributed by atoms with E-state index in [2.05, 4.69) is 15.2 Å². The molecular weight excluding hydrogens is 268 g/mol. The van der Waals surface area contributed by atoms with Gasteiger partial charge >= 0.3 is 0 Å². The Hall–Kier alpha value is -1.85. The van der Waals surface area contributed by atoms with Crippen molar-refractivity contribution in [2.75, 3.05) is 5.73 Å². The molecule has 0 radical (unpaired) electrons. The van der Waals surface area contributed by atoms with Crippen LogP contribution in [0.15, 0.2) is 35.7 Å². The maximum atomic E-state index is 5.95. The summed E-state index contributed by atoms with van der Waals surface area (Å²) in [6.07, 6.45) is 0. The van der Waals surface area contributed by atoms with Crippen LogP contribution in [0, 0.1) is 0 Å². The van der Waals surface area contributed by atoms with Crippen LogP contribution in [0.4, 0.5) is 5.69 Å². The minimum atomic E-state index is 0.554. The van der Waals surface area contributed by atoms with Crippen LogP contribution in [0.5, 0.6) is 0 Å². The van der Waals surface area contributed by atoms with Crippen molar-refractivity contribution in [1.29, 1.82) is 0 Å². The normalized spacial score (nSPS) is 10.7. The van der Waals surface area contributed by atoms with Crippen LogP contribution >= 0.6 is 22.9 Å². The molecule has 0 unspecified atom stereocenters. The van der Waals surface area contributed by atoms with Crippen LogP contribution in [0.1, 0.15) is 0 Å². The number of nitrogens with one attached hydrogen (secondary N) is 1. The molecule has 0 fully saturated rings. The predicted octanol–water partition coefficient (Wildman–Crippen LogP) is 3.44. The Bertz CT molecular complexity index is 675. The summed E-state index contributed by atoms with van der Waals surface area (Å²) in [6, 6.07) is 9.20. The number of anilines is 1. The summed E-state index contributed by atoms with van der Waals surface area (Å²) >= 11 is 7.55. The van der Waals surface area contributed by atoms with Gasteiger partial charge in [-0.1, -0.05) is 17.7 Å². The van der Waals surface area contributed by atoms with E-state index in [-0.39, 0.29) is 0 Å². The van der Waals surface area contributed by atoms with E-state index in [1.54, 1.807) is 29.5 Å². The Balaban J connectivity index is 2.05. The number of rotatable bonds is 2. The summed E-state index contributed by atoms with van der Waals surface area (Å²) in [7, 11) is 0. The second kappa shape index (κ2) is 4.44. The Kier molecular flexibility index (Phi) is 2.77. The van der Waals surface area contributed by atoms with E-state index in [9.17, 15) is 0 Å². The number of nitrogens with zero attached hydrogens (tertiary/aromatic N) is 2. The first-order valence-electron chi connectivity index (χ1n) is 5.26. The molecule has 4 nitrogen and oxygen atoms in total. The molecule has 2 aromatic heterocycles. The highest BCUT2D eigenvalue weighted by molar-refractivity contribution is 7.13. The quantitative estimate of drug-likeness (QED) is 0.705. The monoisotopic (exact) mass is 276 g/mol. The number of hydrogen-bond donors (Lipinski definition) is 2. The van der Waals surface area contributed by atoms with Gasteiger partial charge < -0.3 is 5.73 Å². The van der Waals surface area contributed by atoms with Crippen molar-refractivity contribution in [2.24, 2.45) is 0 Å². The highest BCUT2D eigenvalue weighted by atomic mass is 35.5. The van der Waals surface area contributed by atoms with Crippen molar-refractivity contribution in [3.8, 4) is 22.1 Å². The standard InChI is InChI=1S/C12H9ClN4S/c13-7-3-4-9(14)8(6-7)11-15-12(17-16-11)10-2-1-5-18-10/h1-6H,14H2,(H,15,16,17). The molecule has 90 valence electrons. The molecule has 3 rings (SSSR count). The van der Waals surface area contributed by atoms with Crippen LogP contribution in [0.2, 0.25) is 5.02 Å². The van der Waals surface area contributed by atoms with Crippen molar-refractivity contribution >= 4 is 28.6 Å². The topological polar surface area (TPSA) is 67.6 Å². The predicted molar refractivity (Wildman–Crippen MR) is 74.6 cm³/mol. The van der Waals surface area contributed by atoms with E-state index in [0.717, 1.165) is 16.3 Å². The summed E-state index contributed by atoms with van der Waals surface area (Å²) in [4.78, 5) is 5.47. The number of thiophene rings is 1. The van der Waals surface area contributed by atoms with E-state index in [1.165, 1.54) is 0 Å². The van der Waals surface area contributed by atoms with Gasteiger partial charge in [0.15, 0.2) is 11.6 Å². The van der Waals surface area contributed by atoms with Crippen molar-refractivity contribution in [2.45, 2.75) is 0 Å². The molecule has 0 saturated heterocycles. The molecule has 0 aliphatic rings. The molecule has 0 amide bonds. The number of nitrogens with two attached hydrogens (primary N) is 1. The van der Waals surface area contributed by atoms with Gasteiger partial charge in [-0.25, -0.2) is 4.98 Å². The molecule has 0 aliphatic heterocycles. The third-order valence-electron chi connectivity index (χ3n) is 2.50. The summed E-state index contributed by atoms with van der Waals surface area (Å²) in [6.45, 7) is 0. The lowest BCUT2D eigenvalue weighted by Gasteiger charge is -2.00. The number of hydrogen-bond acceptors (Lipinski definition) is 4. The summed E-state index contributed by atoms with van der Waals surface area (Å²) in [5.74, 6) is 1.29. The third-order valence-corrected chi connectivity index (χ3v) is 3.61. The first kappa shape index (κ1) is 11.3. The maximum Gasteiger partial charge on any atom is 0.183 e. The fourth-order valence-electron chi connectivity index (χ4n) is 1.63. The van der Waals surface area contributed by atoms with E-state index >= 15 is 0 Å². The lowest BCUT2D eigenvalue weighted by atomic mass is 10.2. The zero-order valence-corrected chi connectivity index (χ0v) is 10.8. The Morgan fingerprint density at radius 2 is 2.17 bits per heavy atom. The zero-order valence-electron chi connectivity index (χ0n) is 9.22. The van der Waals surface area contributed by atoms with Crippen LogP contribution < -0.4 is 5.73 Å². The molecule has 3 N–H and O–H groups in total. The van der Waals surface area contributed by atoms with Crippen molar-refractivity contribution in [3.63, 3.8) is 0 Å². The number of nitrogen functional groups attached to an aromatic ring is 1. The van der Waals surface area contributed by atoms with Gasteiger partial charge in [0.2, 0.25) is 0 Å². The Morgan fingerprint density at radius 1 is 1.28 bits per heavy atom. The number of halogens is 1. The molecule has 1 aromatic carbocycles. The number of aromatic amines is 1. The van der Waals surface area contributed by atoms with Gasteiger partial charge in [0, 0.05) is 16.3 Å². The summed E-state index contributed by atoms with van der Waals surface area (Å²) < 4.78 is 0. The van der Waals surface area contributed by atoms with Crippen LogP contribution in [0.25, 0.3) is 22.1 Å². The van der Waals surface area contributed by atoms with Gasteiger partial charge in [0.25, 0.3) is 0 Å². The molecule has 18 heavy (non-hydrogen) atoms. The second-order valence-corrected chi connectivity index (χ2v) is 5.10. The van der Waals surface area contributed by atoms with Gasteiger partial charge in [-0.05, 0) is 29.6 Å². The molecule has 0 aliphatic carbocycles. The lowest BCUT2D eigenvalue weighted by Crippen LogP contribution is -1.91. The van der Waals surface area contributed by atoms with E-state index < -0.39 is 0 Å². The summed E-state index contributed by atoms with van der Waals surface area (Å²) in [5.41, 5.74) is 7.24. The van der Waals surface area contributed by atoms with Crippen LogP contribution in [-0.4, -0.2) is 15.2 Å². The zero-order chi connectivity index (χ0) is 12.5. The summed E-state index contributed by atoms with van der Waals surface area (Å²) in [5, 5.41) is 9.68. The molecule has 6 heteroatoms. The first-order chi connectivity index (χ1) is 8.74. The van der Waals surface area contributed by atoms with Gasteiger partial charge in [0.1, 0.15) is 0 Å². The largest absolute Gasteiger partial charge is 0.398 e. The maximum absolute atomic E-state index is 5.95. The van der Waals surface area contributed by atoms with Crippen LogP contribution in [-0.2, 0) is 0 Å². The van der Waals surface area contributed by atoms with E-state index in [1.807, 2.05) is 17.5 Å². The minimum absolute atomic E-state index is 0.554. The minimum Gasteiger partial charge on any atom is -0.398 e. The Labute approximate surface area is 112 Å². The second-order valence-electron chi connectivity index (χ2n) is 3.72. The van der Waals surface area contributed by atoms with Crippen molar-refractivity contribution in [1.82, 2.24) is 15.2 Å². The van der Waals surface area contributed by atoms with Gasteiger partial charge in [0.05, 0.1) is 4.88 Å².